The van der Waals surface area contributed by atoms with Crippen molar-refractivity contribution < 1.29 is 9.94 Å². The highest BCUT2D eigenvalue weighted by atomic mass is 16.6. The summed E-state index contributed by atoms with van der Waals surface area (Å²) in [5, 5.41) is 17.9. The Hall–Kier alpha value is -1.41. The van der Waals surface area contributed by atoms with E-state index < -0.39 is 6.10 Å². The van der Waals surface area contributed by atoms with Gasteiger partial charge in [-0.15, -0.1) is 0 Å². The first-order valence-corrected chi connectivity index (χ1v) is 5.08. The number of nitrogens with two attached hydrogens (primary N) is 1. The van der Waals surface area contributed by atoms with Crippen LogP contribution in [-0.4, -0.2) is 17.8 Å². The Balaban J connectivity index is 0. The lowest BCUT2D eigenvalue weighted by Crippen LogP contribution is -2.14. The van der Waals surface area contributed by atoms with E-state index in [0.29, 0.717) is 11.1 Å². The number of hydrogen-bond donors (Lipinski definition) is 2. The van der Waals surface area contributed by atoms with E-state index in [1.165, 1.54) is 0 Å². The zero-order chi connectivity index (χ0) is 13.0. The molecule has 0 spiro atoms. The topological polar surface area (TPSA) is 79.3 Å². The number of aliphatic hydroxyl groups excluding tert-OH is 1. The molecule has 0 rings (SSSR count). The van der Waals surface area contributed by atoms with Crippen LogP contribution in [0.3, 0.4) is 0 Å². The summed E-state index contributed by atoms with van der Waals surface area (Å²) in [6.45, 7) is 9.38. The van der Waals surface area contributed by atoms with Crippen molar-refractivity contribution in [1.82, 2.24) is 0 Å². The minimum absolute atomic E-state index is 0.129. The molecular formula is C12H20N2O2. The van der Waals surface area contributed by atoms with Gasteiger partial charge in [0.15, 0.2) is 6.10 Å². The highest BCUT2D eigenvalue weighted by Crippen LogP contribution is 2.14. The zero-order valence-electron chi connectivity index (χ0n) is 10.1. The molecule has 3 N–H and O–H groups in total. The van der Waals surface area contributed by atoms with Crippen LogP contribution in [0.1, 0.15) is 20.8 Å². The maximum Gasteiger partial charge on any atom is 0.165 e. The van der Waals surface area contributed by atoms with Crippen LogP contribution in [-0.2, 0) is 4.84 Å². The van der Waals surface area contributed by atoms with Gasteiger partial charge < -0.3 is 5.11 Å². The van der Waals surface area contributed by atoms with Crippen LogP contribution >= 0.6 is 0 Å². The maximum absolute atomic E-state index is 9.34. The molecule has 4 nitrogen and oxygen atoms in total. The lowest BCUT2D eigenvalue weighted by atomic mass is 10.0. The van der Waals surface area contributed by atoms with Crippen LogP contribution in [0.15, 0.2) is 36.0 Å². The molecule has 0 aromatic rings. The summed E-state index contributed by atoms with van der Waals surface area (Å²) in [4.78, 5) is 4.46. The van der Waals surface area contributed by atoms with Gasteiger partial charge in [-0.1, -0.05) is 38.7 Å². The normalized spacial score (nSPS) is 13.2. The minimum Gasteiger partial charge on any atom is -0.374 e. The first-order valence-electron chi connectivity index (χ1n) is 5.08. The van der Waals surface area contributed by atoms with Gasteiger partial charge in [-0.3, -0.25) is 4.84 Å². The molecule has 16 heavy (non-hydrogen) atoms. The van der Waals surface area contributed by atoms with Crippen LogP contribution in [0.25, 0.3) is 0 Å². The van der Waals surface area contributed by atoms with Crippen LogP contribution in [0, 0.1) is 11.3 Å². The van der Waals surface area contributed by atoms with E-state index in [1.807, 2.05) is 13.8 Å². The van der Waals surface area contributed by atoms with Crippen LogP contribution < -0.4 is 5.90 Å². The number of rotatable bonds is 5. The molecule has 0 amide bonds. The van der Waals surface area contributed by atoms with E-state index in [1.54, 1.807) is 31.2 Å². The molecule has 0 radical (unpaired) electrons. The van der Waals surface area contributed by atoms with Gasteiger partial charge >= 0.3 is 0 Å². The standard InChI is InChI=1S/C10H14N2O2.C2H6/c1-3-5-8(7-14-12)9(4-2)10(13)6-11;1-2/h3-5,10,13H,1,7,12H2,2H3;1-2H3/b8-5-,9-4+;. The molecule has 0 aliphatic heterocycles. The number of aliphatic hydroxyl groups is 1. The Morgan fingerprint density at radius 3 is 2.50 bits per heavy atom. The molecule has 0 aromatic carbocycles. The molecule has 0 fully saturated rings. The fraction of sp³-hybridized carbons (Fsp3) is 0.417. The smallest absolute Gasteiger partial charge is 0.165 e. The van der Waals surface area contributed by atoms with E-state index in [2.05, 4.69) is 11.4 Å². The Kier molecular flexibility index (Phi) is 12.4. The largest absolute Gasteiger partial charge is 0.374 e. The van der Waals surface area contributed by atoms with Gasteiger partial charge in [0.05, 0.1) is 12.7 Å². The van der Waals surface area contributed by atoms with E-state index in [9.17, 15) is 5.11 Å². The van der Waals surface area contributed by atoms with Crippen molar-refractivity contribution in [3.63, 3.8) is 0 Å². The summed E-state index contributed by atoms with van der Waals surface area (Å²) in [7, 11) is 0. The lowest BCUT2D eigenvalue weighted by molar-refractivity contribution is 0.159. The molecular weight excluding hydrogens is 204 g/mol. The average Bonchev–Trinajstić information content (AvgIpc) is 2.33. The van der Waals surface area contributed by atoms with E-state index in [4.69, 9.17) is 11.2 Å². The van der Waals surface area contributed by atoms with Gasteiger partial charge in [0.2, 0.25) is 0 Å². The second-order valence-corrected chi connectivity index (χ2v) is 2.51. The van der Waals surface area contributed by atoms with Crippen LogP contribution in [0.4, 0.5) is 0 Å². The quantitative estimate of drug-likeness (QED) is 0.424. The Morgan fingerprint density at radius 2 is 2.19 bits per heavy atom. The highest BCUT2D eigenvalue weighted by Gasteiger charge is 2.12. The second-order valence-electron chi connectivity index (χ2n) is 2.51. The summed E-state index contributed by atoms with van der Waals surface area (Å²) in [5.74, 6) is 4.93. The van der Waals surface area contributed by atoms with Crippen LogP contribution in [0.5, 0.6) is 0 Å². The maximum atomic E-state index is 9.34. The third-order valence-electron chi connectivity index (χ3n) is 1.66. The number of hydrogen-bond acceptors (Lipinski definition) is 4. The summed E-state index contributed by atoms with van der Waals surface area (Å²) < 4.78 is 0. The van der Waals surface area contributed by atoms with Crippen molar-refractivity contribution in [2.24, 2.45) is 5.90 Å². The van der Waals surface area contributed by atoms with Gasteiger partial charge in [0.25, 0.3) is 0 Å². The van der Waals surface area contributed by atoms with Crippen molar-refractivity contribution in [3.8, 4) is 6.07 Å². The molecule has 4 heteroatoms. The number of nitrogens with zero attached hydrogens (tertiary/aromatic N) is 1. The summed E-state index contributed by atoms with van der Waals surface area (Å²) in [6, 6.07) is 1.73. The third kappa shape index (κ3) is 6.14. The molecule has 1 unspecified atom stereocenters. The number of allylic oxidation sites excluding steroid dienone is 3. The molecule has 0 aliphatic rings. The van der Waals surface area contributed by atoms with Gasteiger partial charge in [-0.25, -0.2) is 5.90 Å². The van der Waals surface area contributed by atoms with Crippen molar-refractivity contribution in [2.45, 2.75) is 26.9 Å². The summed E-state index contributed by atoms with van der Waals surface area (Å²) >= 11 is 0. The van der Waals surface area contributed by atoms with Gasteiger partial charge in [-0.2, -0.15) is 5.26 Å². The molecule has 0 saturated heterocycles. The zero-order valence-corrected chi connectivity index (χ0v) is 10.1. The predicted octanol–water partition coefficient (Wildman–Crippen LogP) is 1.85. The Morgan fingerprint density at radius 1 is 1.62 bits per heavy atom. The Labute approximate surface area is 97.3 Å². The molecule has 1 atom stereocenters. The molecule has 0 saturated carbocycles. The van der Waals surface area contributed by atoms with Crippen molar-refractivity contribution in [3.05, 3.63) is 36.0 Å². The second kappa shape index (κ2) is 11.7. The molecule has 90 valence electrons. The fourth-order valence-corrected chi connectivity index (χ4v) is 1.05. The molecule has 0 aromatic heterocycles. The minimum atomic E-state index is -1.17. The van der Waals surface area contributed by atoms with E-state index in [0.717, 1.165) is 0 Å². The fourth-order valence-electron chi connectivity index (χ4n) is 1.05. The van der Waals surface area contributed by atoms with E-state index >= 15 is 0 Å². The highest BCUT2D eigenvalue weighted by molar-refractivity contribution is 5.39. The SMILES string of the molecule is C=C/C=C(CON)\C(=C/C)C(O)C#N.CC. The first kappa shape index (κ1) is 17.0. The average molecular weight is 224 g/mol. The molecule has 0 aliphatic carbocycles. The summed E-state index contributed by atoms with van der Waals surface area (Å²) in [5.41, 5.74) is 1.12. The predicted molar refractivity (Wildman–Crippen MR) is 65.1 cm³/mol. The van der Waals surface area contributed by atoms with Crippen molar-refractivity contribution in [2.75, 3.05) is 6.61 Å². The monoisotopic (exact) mass is 224 g/mol. The van der Waals surface area contributed by atoms with Gasteiger partial charge in [0, 0.05) is 0 Å². The van der Waals surface area contributed by atoms with Crippen molar-refractivity contribution in [1.29, 1.82) is 5.26 Å². The Bertz CT molecular complexity index is 288. The van der Waals surface area contributed by atoms with Crippen molar-refractivity contribution >= 4 is 0 Å². The third-order valence-corrected chi connectivity index (χ3v) is 1.66. The van der Waals surface area contributed by atoms with Crippen LogP contribution in [0.2, 0.25) is 0 Å². The molecule has 0 heterocycles. The van der Waals surface area contributed by atoms with Gasteiger partial charge in [0.1, 0.15) is 0 Å². The number of nitriles is 1. The summed E-state index contributed by atoms with van der Waals surface area (Å²) in [6.07, 6.45) is 3.66. The first-order chi connectivity index (χ1) is 7.71. The van der Waals surface area contributed by atoms with E-state index in [-0.39, 0.29) is 6.61 Å². The molecule has 0 bridgehead atoms. The van der Waals surface area contributed by atoms with Gasteiger partial charge in [-0.05, 0) is 18.1 Å². The lowest BCUT2D eigenvalue weighted by Gasteiger charge is -2.11.